The van der Waals surface area contributed by atoms with Crippen molar-refractivity contribution in [2.45, 2.75) is 44.9 Å². The molecular formula is C12H21N3O. The first-order valence-electron chi connectivity index (χ1n) is 6.07. The maximum Gasteiger partial charge on any atom is 0.0793 e. The van der Waals surface area contributed by atoms with Crippen LogP contribution in [0, 0.1) is 5.92 Å². The van der Waals surface area contributed by atoms with Crippen LogP contribution in [0.3, 0.4) is 0 Å². The third-order valence-corrected chi connectivity index (χ3v) is 3.20. The van der Waals surface area contributed by atoms with Gasteiger partial charge < -0.3 is 10.5 Å². The average molecular weight is 223 g/mol. The molecule has 16 heavy (non-hydrogen) atoms. The van der Waals surface area contributed by atoms with Crippen LogP contribution in [-0.4, -0.2) is 23.0 Å². The standard InChI is InChI=1S/C12H21N3O/c1-3-6-15-8-10(7-14-15)11(13)12(16-2)9-4-5-9/h7-9,11-12H,3-6,13H2,1-2H3. The fourth-order valence-electron chi connectivity index (χ4n) is 2.15. The van der Waals surface area contributed by atoms with Gasteiger partial charge in [0.05, 0.1) is 18.3 Å². The Hall–Kier alpha value is -0.870. The number of rotatable bonds is 6. The number of nitrogens with two attached hydrogens (primary N) is 1. The second kappa shape index (κ2) is 4.97. The molecule has 0 bridgehead atoms. The predicted octanol–water partition coefficient (Wildman–Crippen LogP) is 1.72. The van der Waals surface area contributed by atoms with Crippen LogP contribution in [-0.2, 0) is 11.3 Å². The highest BCUT2D eigenvalue weighted by atomic mass is 16.5. The molecule has 0 spiro atoms. The van der Waals surface area contributed by atoms with Crippen molar-refractivity contribution >= 4 is 0 Å². The minimum absolute atomic E-state index is 0.0388. The maximum absolute atomic E-state index is 6.22. The first kappa shape index (κ1) is 11.6. The van der Waals surface area contributed by atoms with Gasteiger partial charge in [-0.2, -0.15) is 5.10 Å². The third-order valence-electron chi connectivity index (χ3n) is 3.20. The Balaban J connectivity index is 2.03. The van der Waals surface area contributed by atoms with Gasteiger partial charge in [0, 0.05) is 25.4 Å². The fourth-order valence-corrected chi connectivity index (χ4v) is 2.15. The van der Waals surface area contributed by atoms with Crippen molar-refractivity contribution in [2.75, 3.05) is 7.11 Å². The molecule has 2 N–H and O–H groups in total. The quantitative estimate of drug-likeness (QED) is 0.799. The Bertz CT molecular complexity index is 333. The van der Waals surface area contributed by atoms with Gasteiger partial charge in [0.2, 0.25) is 0 Å². The van der Waals surface area contributed by atoms with Gasteiger partial charge in [-0.3, -0.25) is 4.68 Å². The van der Waals surface area contributed by atoms with Gasteiger partial charge in [-0.25, -0.2) is 0 Å². The zero-order valence-electron chi connectivity index (χ0n) is 10.1. The number of ether oxygens (including phenoxy) is 1. The summed E-state index contributed by atoms with van der Waals surface area (Å²) in [7, 11) is 1.75. The molecular weight excluding hydrogens is 202 g/mol. The van der Waals surface area contributed by atoms with Crippen LogP contribution in [0.1, 0.15) is 37.8 Å². The number of nitrogens with zero attached hydrogens (tertiary/aromatic N) is 2. The van der Waals surface area contributed by atoms with E-state index < -0.39 is 0 Å². The van der Waals surface area contributed by atoms with Crippen LogP contribution in [0.5, 0.6) is 0 Å². The van der Waals surface area contributed by atoms with E-state index in [4.69, 9.17) is 10.5 Å². The smallest absolute Gasteiger partial charge is 0.0793 e. The molecule has 1 saturated carbocycles. The monoisotopic (exact) mass is 223 g/mol. The lowest BCUT2D eigenvalue weighted by atomic mass is 10.0. The molecule has 0 amide bonds. The van der Waals surface area contributed by atoms with E-state index in [1.165, 1.54) is 12.8 Å². The molecule has 4 nitrogen and oxygen atoms in total. The van der Waals surface area contributed by atoms with Crippen LogP contribution in [0.25, 0.3) is 0 Å². The van der Waals surface area contributed by atoms with E-state index >= 15 is 0 Å². The van der Waals surface area contributed by atoms with Crippen LogP contribution in [0.15, 0.2) is 12.4 Å². The van der Waals surface area contributed by atoms with E-state index in [1.54, 1.807) is 7.11 Å². The molecule has 1 heterocycles. The van der Waals surface area contributed by atoms with E-state index in [9.17, 15) is 0 Å². The third kappa shape index (κ3) is 2.44. The SMILES string of the molecule is CCCn1cc(C(N)C(OC)C2CC2)cn1. The summed E-state index contributed by atoms with van der Waals surface area (Å²) in [5, 5.41) is 4.30. The Labute approximate surface area is 96.8 Å². The Morgan fingerprint density at radius 1 is 1.62 bits per heavy atom. The highest BCUT2D eigenvalue weighted by Crippen LogP contribution is 2.38. The Morgan fingerprint density at radius 3 is 2.94 bits per heavy atom. The van der Waals surface area contributed by atoms with Crippen molar-refractivity contribution < 1.29 is 4.74 Å². The lowest BCUT2D eigenvalue weighted by molar-refractivity contribution is 0.0624. The first-order chi connectivity index (χ1) is 7.76. The van der Waals surface area contributed by atoms with E-state index in [2.05, 4.69) is 12.0 Å². The van der Waals surface area contributed by atoms with E-state index in [-0.39, 0.29) is 12.1 Å². The number of methoxy groups -OCH3 is 1. The Morgan fingerprint density at radius 2 is 2.38 bits per heavy atom. The molecule has 4 heteroatoms. The molecule has 0 aliphatic heterocycles. The topological polar surface area (TPSA) is 53.1 Å². The number of hydrogen-bond donors (Lipinski definition) is 1. The zero-order valence-corrected chi connectivity index (χ0v) is 10.1. The van der Waals surface area contributed by atoms with Gasteiger partial charge in [0.25, 0.3) is 0 Å². The largest absolute Gasteiger partial charge is 0.379 e. The molecule has 2 unspecified atom stereocenters. The van der Waals surface area contributed by atoms with Crippen molar-refractivity contribution in [3.05, 3.63) is 18.0 Å². The Kier molecular flexibility index (Phi) is 3.61. The van der Waals surface area contributed by atoms with Crippen LogP contribution in [0.4, 0.5) is 0 Å². The molecule has 0 aromatic carbocycles. The van der Waals surface area contributed by atoms with Gasteiger partial charge in [-0.05, 0) is 25.2 Å². The minimum atomic E-state index is -0.0388. The summed E-state index contributed by atoms with van der Waals surface area (Å²) in [6.07, 6.45) is 7.65. The van der Waals surface area contributed by atoms with Gasteiger partial charge >= 0.3 is 0 Å². The van der Waals surface area contributed by atoms with Crippen LogP contribution >= 0.6 is 0 Å². The van der Waals surface area contributed by atoms with Crippen molar-refractivity contribution in [2.24, 2.45) is 11.7 Å². The zero-order chi connectivity index (χ0) is 11.5. The summed E-state index contributed by atoms with van der Waals surface area (Å²) in [6.45, 7) is 3.09. The van der Waals surface area contributed by atoms with Gasteiger partial charge in [0.1, 0.15) is 0 Å². The van der Waals surface area contributed by atoms with Gasteiger partial charge in [-0.1, -0.05) is 6.92 Å². The van der Waals surface area contributed by atoms with Crippen molar-refractivity contribution in [1.29, 1.82) is 0 Å². The predicted molar refractivity (Wildman–Crippen MR) is 63.0 cm³/mol. The highest BCUT2D eigenvalue weighted by Gasteiger charge is 2.36. The normalized spacial score (nSPS) is 19.7. The summed E-state index contributed by atoms with van der Waals surface area (Å²) in [6, 6.07) is -0.0388. The van der Waals surface area contributed by atoms with Crippen molar-refractivity contribution in [1.82, 2.24) is 9.78 Å². The fraction of sp³-hybridized carbons (Fsp3) is 0.750. The average Bonchev–Trinajstić information content (AvgIpc) is 2.99. The van der Waals surface area contributed by atoms with Gasteiger partial charge in [-0.15, -0.1) is 0 Å². The molecule has 1 aliphatic carbocycles. The van der Waals surface area contributed by atoms with Crippen LogP contribution < -0.4 is 5.73 Å². The summed E-state index contributed by atoms with van der Waals surface area (Å²) in [5.41, 5.74) is 7.31. The lowest BCUT2D eigenvalue weighted by Gasteiger charge is -2.21. The van der Waals surface area contributed by atoms with E-state index in [0.717, 1.165) is 18.5 Å². The second-order valence-electron chi connectivity index (χ2n) is 4.60. The molecule has 90 valence electrons. The van der Waals surface area contributed by atoms with Crippen molar-refractivity contribution in [3.63, 3.8) is 0 Å². The first-order valence-corrected chi connectivity index (χ1v) is 6.07. The van der Waals surface area contributed by atoms with E-state index in [0.29, 0.717) is 5.92 Å². The summed E-state index contributed by atoms with van der Waals surface area (Å²) >= 11 is 0. The molecule has 1 aromatic rings. The lowest BCUT2D eigenvalue weighted by Crippen LogP contribution is -2.29. The van der Waals surface area contributed by atoms with Gasteiger partial charge in [0.15, 0.2) is 0 Å². The van der Waals surface area contributed by atoms with Crippen molar-refractivity contribution in [3.8, 4) is 0 Å². The number of aromatic nitrogens is 2. The highest BCUT2D eigenvalue weighted by molar-refractivity contribution is 5.13. The molecule has 0 radical (unpaired) electrons. The minimum Gasteiger partial charge on any atom is -0.379 e. The molecule has 2 atom stereocenters. The number of hydrogen-bond acceptors (Lipinski definition) is 3. The molecule has 2 rings (SSSR count). The number of aryl methyl sites for hydroxylation is 1. The second-order valence-corrected chi connectivity index (χ2v) is 4.60. The van der Waals surface area contributed by atoms with E-state index in [1.807, 2.05) is 17.1 Å². The molecule has 1 aromatic heterocycles. The maximum atomic E-state index is 6.22. The summed E-state index contributed by atoms with van der Waals surface area (Å²) in [4.78, 5) is 0. The molecule has 1 aliphatic rings. The summed E-state index contributed by atoms with van der Waals surface area (Å²) < 4.78 is 7.45. The molecule has 1 fully saturated rings. The van der Waals surface area contributed by atoms with Crippen LogP contribution in [0.2, 0.25) is 0 Å². The molecule has 0 saturated heterocycles. The summed E-state index contributed by atoms with van der Waals surface area (Å²) in [5.74, 6) is 0.648.